The summed E-state index contributed by atoms with van der Waals surface area (Å²) in [6, 6.07) is 20.7. The number of likely N-dealkylation sites (tertiary alicyclic amines) is 1. The lowest BCUT2D eigenvalue weighted by atomic mass is 9.63. The van der Waals surface area contributed by atoms with Crippen LogP contribution in [0, 0.1) is 0 Å². The molecule has 0 saturated carbocycles. The molecule has 40 heavy (non-hydrogen) atoms. The second kappa shape index (κ2) is 11.9. The molecule has 2 amide bonds. The molecule has 208 valence electrons. The predicted octanol–water partition coefficient (Wildman–Crippen LogP) is 4.24. The van der Waals surface area contributed by atoms with Crippen LogP contribution < -0.4 is 10.1 Å². The highest BCUT2D eigenvalue weighted by atomic mass is 16.5. The first kappa shape index (κ1) is 27.4. The van der Waals surface area contributed by atoms with Crippen LogP contribution in [0.5, 0.6) is 5.88 Å². The molecule has 5 rings (SSSR count). The van der Waals surface area contributed by atoms with Gasteiger partial charge in [-0.25, -0.2) is 4.98 Å². The first-order chi connectivity index (χ1) is 19.5. The summed E-state index contributed by atoms with van der Waals surface area (Å²) in [5.41, 5.74) is 1.98. The molecular formula is C32H35N3O5. The maximum atomic E-state index is 13.9. The van der Waals surface area contributed by atoms with Crippen molar-refractivity contribution in [2.45, 2.75) is 50.0 Å². The third-order valence-corrected chi connectivity index (χ3v) is 8.00. The Bertz CT molecular complexity index is 1380. The standard InChI is InChI=1S/C32H35N3O5/c1-3-20-40-31(38)32(22-10-5-4-6-11-22)17-15-25(24-12-7-8-14-27(24)32)30(37)35-19-16-23(21-35)34-28(36)26-13-9-18-33-29(26)39-2/h4-14,18,23,25H,3,15-17,19-21H2,1-2H3,(H,34,36)/t23-,25?,32?/m1/s1. The number of ether oxygens (including phenoxy) is 2. The average Bonchev–Trinajstić information content (AvgIpc) is 3.47. The van der Waals surface area contributed by atoms with E-state index in [9.17, 15) is 14.4 Å². The molecule has 8 heteroatoms. The van der Waals surface area contributed by atoms with Crippen molar-refractivity contribution in [3.05, 3.63) is 95.2 Å². The molecule has 1 aliphatic heterocycles. The zero-order valence-corrected chi connectivity index (χ0v) is 23.0. The summed E-state index contributed by atoms with van der Waals surface area (Å²) in [7, 11) is 1.48. The highest BCUT2D eigenvalue weighted by Crippen LogP contribution is 2.48. The Labute approximate surface area is 234 Å². The zero-order valence-electron chi connectivity index (χ0n) is 23.0. The minimum absolute atomic E-state index is 0.0201. The van der Waals surface area contributed by atoms with Gasteiger partial charge in [-0.1, -0.05) is 61.5 Å². The second-order valence-electron chi connectivity index (χ2n) is 10.4. The van der Waals surface area contributed by atoms with Gasteiger partial charge in [0, 0.05) is 25.3 Å². The van der Waals surface area contributed by atoms with Crippen LogP contribution in [0.25, 0.3) is 0 Å². The van der Waals surface area contributed by atoms with E-state index in [1.54, 1.807) is 18.3 Å². The highest BCUT2D eigenvalue weighted by molar-refractivity contribution is 5.96. The quantitative estimate of drug-likeness (QED) is 0.429. The first-order valence-electron chi connectivity index (χ1n) is 13.9. The summed E-state index contributed by atoms with van der Waals surface area (Å²) in [5.74, 6) is -0.630. The van der Waals surface area contributed by atoms with Crippen LogP contribution in [0.2, 0.25) is 0 Å². The van der Waals surface area contributed by atoms with E-state index >= 15 is 0 Å². The molecule has 0 spiro atoms. The molecule has 8 nitrogen and oxygen atoms in total. The number of carbonyl (C=O) groups is 3. The van der Waals surface area contributed by atoms with Crippen LogP contribution in [-0.4, -0.2) is 60.5 Å². The number of benzene rings is 2. The Balaban J connectivity index is 1.37. The molecule has 0 radical (unpaired) electrons. The fourth-order valence-electron chi connectivity index (χ4n) is 6.06. The average molecular weight is 542 g/mol. The normalized spacial score (nSPS) is 21.8. The topological polar surface area (TPSA) is 97.8 Å². The molecule has 3 aromatic rings. The van der Waals surface area contributed by atoms with Gasteiger partial charge in [0.1, 0.15) is 11.0 Å². The molecule has 2 heterocycles. The number of pyridine rings is 1. The van der Waals surface area contributed by atoms with Crippen LogP contribution in [-0.2, 0) is 19.7 Å². The van der Waals surface area contributed by atoms with Crippen LogP contribution in [0.4, 0.5) is 0 Å². The first-order valence-corrected chi connectivity index (χ1v) is 13.9. The fourth-order valence-corrected chi connectivity index (χ4v) is 6.06. The van der Waals surface area contributed by atoms with Crippen LogP contribution in [0.1, 0.15) is 65.6 Å². The van der Waals surface area contributed by atoms with Gasteiger partial charge in [0.2, 0.25) is 11.8 Å². The molecule has 3 atom stereocenters. The zero-order chi connectivity index (χ0) is 28.1. The number of fused-ring (bicyclic) bond motifs is 1. The van der Waals surface area contributed by atoms with Crippen molar-refractivity contribution in [3.63, 3.8) is 0 Å². The van der Waals surface area contributed by atoms with Crippen molar-refractivity contribution in [1.82, 2.24) is 15.2 Å². The number of aromatic nitrogens is 1. The monoisotopic (exact) mass is 541 g/mol. The molecule has 1 saturated heterocycles. The minimum Gasteiger partial charge on any atom is -0.480 e. The lowest BCUT2D eigenvalue weighted by Crippen LogP contribution is -2.45. The summed E-state index contributed by atoms with van der Waals surface area (Å²) in [4.78, 5) is 46.5. The molecule has 1 aliphatic carbocycles. The molecule has 2 aromatic carbocycles. The van der Waals surface area contributed by atoms with Crippen molar-refractivity contribution < 1.29 is 23.9 Å². The number of esters is 1. The summed E-state index contributed by atoms with van der Waals surface area (Å²) in [6.45, 7) is 3.30. The van der Waals surface area contributed by atoms with E-state index in [2.05, 4.69) is 10.3 Å². The van der Waals surface area contributed by atoms with Gasteiger partial charge in [-0.15, -0.1) is 0 Å². The SMILES string of the molecule is CCCOC(=O)C1(c2ccccc2)CCC(C(=O)N2CC[C@@H](NC(=O)c3cccnc3OC)C2)c2ccccc21. The van der Waals surface area contributed by atoms with Gasteiger partial charge >= 0.3 is 5.97 Å². The molecule has 0 bridgehead atoms. The Hall–Kier alpha value is -4.20. The third kappa shape index (κ3) is 5.06. The van der Waals surface area contributed by atoms with E-state index < -0.39 is 5.41 Å². The number of nitrogens with zero attached hydrogens (tertiary/aromatic N) is 2. The van der Waals surface area contributed by atoms with Gasteiger partial charge < -0.3 is 19.7 Å². The number of methoxy groups -OCH3 is 1. The van der Waals surface area contributed by atoms with E-state index in [4.69, 9.17) is 9.47 Å². The van der Waals surface area contributed by atoms with Crippen LogP contribution in [0.3, 0.4) is 0 Å². The van der Waals surface area contributed by atoms with Crippen LogP contribution >= 0.6 is 0 Å². The van der Waals surface area contributed by atoms with Gasteiger partial charge in [0.15, 0.2) is 0 Å². The van der Waals surface area contributed by atoms with Gasteiger partial charge in [-0.05, 0) is 54.5 Å². The lowest BCUT2D eigenvalue weighted by molar-refractivity contribution is -0.150. The second-order valence-corrected chi connectivity index (χ2v) is 10.4. The van der Waals surface area contributed by atoms with Gasteiger partial charge in [-0.3, -0.25) is 14.4 Å². The van der Waals surface area contributed by atoms with Crippen molar-refractivity contribution >= 4 is 17.8 Å². The fraction of sp³-hybridized carbons (Fsp3) is 0.375. The van der Waals surface area contributed by atoms with Crippen molar-refractivity contribution in [2.24, 2.45) is 0 Å². The van der Waals surface area contributed by atoms with E-state index in [0.717, 1.165) is 23.1 Å². The van der Waals surface area contributed by atoms with E-state index in [-0.39, 0.29) is 35.6 Å². The van der Waals surface area contributed by atoms with Crippen molar-refractivity contribution in [1.29, 1.82) is 0 Å². The Morgan fingerprint density at radius 2 is 1.80 bits per heavy atom. The summed E-state index contributed by atoms with van der Waals surface area (Å²) in [5, 5.41) is 3.03. The van der Waals surface area contributed by atoms with Crippen molar-refractivity contribution in [3.8, 4) is 5.88 Å². The summed E-state index contributed by atoms with van der Waals surface area (Å²) < 4.78 is 11.0. The maximum Gasteiger partial charge on any atom is 0.321 e. The van der Waals surface area contributed by atoms with E-state index in [1.807, 2.05) is 66.4 Å². The van der Waals surface area contributed by atoms with Crippen molar-refractivity contribution in [2.75, 3.05) is 26.8 Å². The van der Waals surface area contributed by atoms with Gasteiger partial charge in [-0.2, -0.15) is 0 Å². The number of hydrogen-bond donors (Lipinski definition) is 1. The molecule has 2 unspecified atom stereocenters. The maximum absolute atomic E-state index is 13.9. The molecule has 1 fully saturated rings. The smallest absolute Gasteiger partial charge is 0.321 e. The van der Waals surface area contributed by atoms with E-state index in [1.165, 1.54) is 7.11 Å². The molecule has 1 N–H and O–H groups in total. The Morgan fingerprint density at radius 3 is 2.58 bits per heavy atom. The highest BCUT2D eigenvalue weighted by Gasteiger charge is 2.50. The number of rotatable bonds is 8. The minimum atomic E-state index is -0.964. The molecule has 1 aromatic heterocycles. The van der Waals surface area contributed by atoms with E-state index in [0.29, 0.717) is 44.5 Å². The van der Waals surface area contributed by atoms with Crippen LogP contribution in [0.15, 0.2) is 72.9 Å². The largest absolute Gasteiger partial charge is 0.480 e. The number of amides is 2. The number of hydrogen-bond acceptors (Lipinski definition) is 6. The Morgan fingerprint density at radius 1 is 1.02 bits per heavy atom. The summed E-state index contributed by atoms with van der Waals surface area (Å²) in [6.07, 6.45) is 3.96. The summed E-state index contributed by atoms with van der Waals surface area (Å²) >= 11 is 0. The number of nitrogens with one attached hydrogen (secondary N) is 1. The molecule has 2 aliphatic rings. The number of carbonyl (C=O) groups excluding carboxylic acids is 3. The third-order valence-electron chi connectivity index (χ3n) is 8.00. The molecular weight excluding hydrogens is 506 g/mol. The lowest BCUT2D eigenvalue weighted by Gasteiger charge is -2.41. The van der Waals surface area contributed by atoms with Gasteiger partial charge in [0.05, 0.1) is 19.6 Å². The Kier molecular flexibility index (Phi) is 8.14. The van der Waals surface area contributed by atoms with Gasteiger partial charge in [0.25, 0.3) is 5.91 Å². The predicted molar refractivity (Wildman–Crippen MR) is 150 cm³/mol.